The summed E-state index contributed by atoms with van der Waals surface area (Å²) in [5.41, 5.74) is 50.0. The molecule has 14 atom stereocenters. The molecular weight excluding hydrogens is 1270 g/mol. The molecule has 98 heavy (non-hydrogen) atoms. The summed E-state index contributed by atoms with van der Waals surface area (Å²) in [5.74, 6) is -14.0. The molecule has 0 aromatic heterocycles. The third kappa shape index (κ3) is 34.2. The van der Waals surface area contributed by atoms with Crippen LogP contribution in [0.4, 0.5) is 0 Å². The standard InChI is InChI=1S/C62H117N23O13/c1-15-33(11)46(84-53(92)38(21-18-26-73-61(68)69)77-54(93)41(28-29(3)4)81-51(90)40(23-24-42(63)86)78-55(94)43(64)30(5)6)58(97)80-39(22-19-27-74-62(70)71)52(91)83-44(31(7)8)56(95)76-36(14)49(88)82-45(32(9)10)57(96)85-47(34(12)16-2)59(98)79-37(20-17-25-72-60(66)67)50(89)75-35(13)48(65)87/h29-41,43-47H,15-28,64H2,1-14H3,(H2,63,86)(H2,65,87)(H,75,89)(H,76,95)(H,77,93)(H,78,94)(H,79,98)(H,80,97)(H,81,90)(H,82,88)(H,83,91)(H,84,92)(H,85,96)(H4,66,67,72)(H4,68,69,73)(H4,70,71,74)/t33-,34-,35-,36-,37-,38-,39-,40-,41-,43-,44-,45-,46-,47-/m0/s1. The predicted molar refractivity (Wildman–Crippen MR) is 371 cm³/mol. The molecule has 0 rings (SSSR count). The fourth-order valence-corrected chi connectivity index (χ4v) is 9.47. The molecule has 0 unspecified atom stereocenters. The summed E-state index contributed by atoms with van der Waals surface area (Å²) in [6, 6.07) is -15.4. The number of amides is 13. The first-order valence-electron chi connectivity index (χ1n) is 33.4. The summed E-state index contributed by atoms with van der Waals surface area (Å²) in [7, 11) is 0. The lowest BCUT2D eigenvalue weighted by molar-refractivity contribution is -0.137. The Hall–Kier alpha value is -9.12. The van der Waals surface area contributed by atoms with E-state index in [1.54, 1.807) is 83.1 Å². The lowest BCUT2D eigenvalue weighted by Crippen LogP contribution is -2.62. The molecule has 36 heteroatoms. The molecule has 0 aliphatic heterocycles. The maximum atomic E-state index is 14.6. The van der Waals surface area contributed by atoms with Gasteiger partial charge in [-0.15, -0.1) is 0 Å². The highest BCUT2D eigenvalue weighted by Crippen LogP contribution is 2.16. The van der Waals surface area contributed by atoms with Crippen LogP contribution in [0, 0.1) is 35.5 Å². The Morgan fingerprint density at radius 1 is 0.327 bits per heavy atom. The van der Waals surface area contributed by atoms with Crippen LogP contribution in [0.2, 0.25) is 0 Å². The molecule has 0 bridgehead atoms. The molecule has 0 aromatic carbocycles. The largest absolute Gasteiger partial charge is 0.370 e. The third-order valence-corrected chi connectivity index (χ3v) is 16.0. The number of carbonyl (C=O) groups is 13. The van der Waals surface area contributed by atoms with Crippen molar-refractivity contribution >= 4 is 94.7 Å². The highest BCUT2D eigenvalue weighted by atomic mass is 16.2. The number of primary amides is 2. The van der Waals surface area contributed by atoms with Gasteiger partial charge in [0.05, 0.1) is 6.04 Å². The van der Waals surface area contributed by atoms with E-state index in [2.05, 4.69) is 73.5 Å². The Labute approximate surface area is 575 Å². The molecule has 13 amide bonds. The average molecular weight is 1390 g/mol. The summed E-state index contributed by atoms with van der Waals surface area (Å²) in [4.78, 5) is 190. The number of carbonyl (C=O) groups excluding carboxylic acids is 13. The van der Waals surface area contributed by atoms with E-state index in [1.807, 2.05) is 0 Å². The van der Waals surface area contributed by atoms with Gasteiger partial charge in [-0.25, -0.2) is 0 Å². The van der Waals surface area contributed by atoms with E-state index < -0.39 is 173 Å². The van der Waals surface area contributed by atoms with Crippen molar-refractivity contribution in [2.75, 3.05) is 19.6 Å². The van der Waals surface area contributed by atoms with Gasteiger partial charge in [-0.3, -0.25) is 77.3 Å². The summed E-state index contributed by atoms with van der Waals surface area (Å²) < 4.78 is 0. The second-order valence-corrected chi connectivity index (χ2v) is 26.1. The van der Waals surface area contributed by atoms with Crippen molar-refractivity contribution in [3.05, 3.63) is 0 Å². The number of nitrogens with one attached hydrogen (secondary N) is 11. The van der Waals surface area contributed by atoms with Crippen LogP contribution >= 0.6 is 0 Å². The maximum Gasteiger partial charge on any atom is 0.243 e. The smallest absolute Gasteiger partial charge is 0.243 e. The Bertz CT molecular complexity index is 2750. The molecule has 0 aliphatic rings. The average Bonchev–Trinajstić information content (AvgIpc) is 0.856. The minimum atomic E-state index is -1.42. The quantitative estimate of drug-likeness (QED) is 0.0154. The Morgan fingerprint density at radius 2 is 0.622 bits per heavy atom. The first-order valence-corrected chi connectivity index (χ1v) is 33.4. The molecule has 0 spiro atoms. The number of rotatable bonds is 47. The zero-order chi connectivity index (χ0) is 75.4. The van der Waals surface area contributed by atoms with Crippen LogP contribution in [0.1, 0.15) is 168 Å². The van der Waals surface area contributed by atoms with E-state index >= 15 is 0 Å². The normalized spacial score (nSPS) is 15.5. The molecule has 0 saturated heterocycles. The zero-order valence-corrected chi connectivity index (χ0v) is 59.6. The Morgan fingerprint density at radius 3 is 0.980 bits per heavy atom. The number of aliphatic imine (C=N–C) groups is 3. The van der Waals surface area contributed by atoms with Crippen molar-refractivity contribution in [2.45, 2.75) is 240 Å². The van der Waals surface area contributed by atoms with Gasteiger partial charge in [-0.1, -0.05) is 95.9 Å². The van der Waals surface area contributed by atoms with Crippen LogP contribution in [-0.4, -0.2) is 187 Å². The minimum absolute atomic E-state index is 0.00458. The van der Waals surface area contributed by atoms with Gasteiger partial charge < -0.3 is 110 Å². The van der Waals surface area contributed by atoms with Crippen LogP contribution in [0.5, 0.6) is 0 Å². The van der Waals surface area contributed by atoms with Crippen LogP contribution < -0.4 is 110 Å². The SMILES string of the molecule is CC[C@H](C)[C@H](NC(=O)[C@H](CCCN=C(N)N)NC(=O)[C@H](CC(C)C)NC(=O)[C@H](CCC(N)=O)NC(=O)[C@@H](N)C(C)C)C(=O)N[C@@H](CCCN=C(N)N)C(=O)N[C@H](C(=O)N[C@@H](C)C(=O)N[C@H](C(=O)N[C@H](C(=O)N[C@@H](CCCN=C(N)N)C(=O)N[C@@H](C)C(N)=O)[C@@H](C)CC)C(C)C)C(C)C. The molecule has 29 N–H and O–H groups in total. The van der Waals surface area contributed by atoms with Crippen LogP contribution in [0.15, 0.2) is 15.0 Å². The second-order valence-electron chi connectivity index (χ2n) is 26.1. The number of nitrogens with two attached hydrogens (primary N) is 9. The van der Waals surface area contributed by atoms with Gasteiger partial charge in [-0.2, -0.15) is 0 Å². The second kappa shape index (κ2) is 45.4. The molecule has 0 heterocycles. The number of nitrogens with zero attached hydrogens (tertiary/aromatic N) is 3. The van der Waals surface area contributed by atoms with Gasteiger partial charge in [0.15, 0.2) is 17.9 Å². The van der Waals surface area contributed by atoms with E-state index in [9.17, 15) is 62.3 Å². The maximum absolute atomic E-state index is 14.6. The van der Waals surface area contributed by atoms with E-state index in [-0.39, 0.29) is 107 Å². The molecule has 36 nitrogen and oxygen atoms in total. The lowest BCUT2D eigenvalue weighted by atomic mass is 9.95. The molecule has 0 saturated carbocycles. The summed E-state index contributed by atoms with van der Waals surface area (Å²) >= 11 is 0. The monoisotopic (exact) mass is 1390 g/mol. The van der Waals surface area contributed by atoms with E-state index in [0.29, 0.717) is 12.8 Å². The summed E-state index contributed by atoms with van der Waals surface area (Å²) in [5, 5.41) is 29.1. The van der Waals surface area contributed by atoms with Gasteiger partial charge >= 0.3 is 0 Å². The van der Waals surface area contributed by atoms with E-state index in [0.717, 1.165) is 0 Å². The van der Waals surface area contributed by atoms with Crippen molar-refractivity contribution in [3.63, 3.8) is 0 Å². The summed E-state index contributed by atoms with van der Waals surface area (Å²) in [6.07, 6.45) is 0.438. The minimum Gasteiger partial charge on any atom is -0.370 e. The highest BCUT2D eigenvalue weighted by Gasteiger charge is 2.39. The van der Waals surface area contributed by atoms with Crippen LogP contribution in [-0.2, 0) is 62.3 Å². The van der Waals surface area contributed by atoms with Gasteiger partial charge in [0, 0.05) is 26.1 Å². The number of guanidine groups is 3. The van der Waals surface area contributed by atoms with Crippen molar-refractivity contribution in [1.82, 2.24) is 58.5 Å². The summed E-state index contributed by atoms with van der Waals surface area (Å²) in [6.45, 7) is 23.2. The first kappa shape index (κ1) is 88.9. The lowest BCUT2D eigenvalue weighted by Gasteiger charge is -2.31. The van der Waals surface area contributed by atoms with Crippen LogP contribution in [0.3, 0.4) is 0 Å². The number of hydrogen-bond acceptors (Lipinski definition) is 17. The zero-order valence-electron chi connectivity index (χ0n) is 59.6. The highest BCUT2D eigenvalue weighted by molar-refractivity contribution is 6.00. The third-order valence-electron chi connectivity index (χ3n) is 16.0. The predicted octanol–water partition coefficient (Wildman–Crippen LogP) is -5.30. The van der Waals surface area contributed by atoms with Gasteiger partial charge in [-0.05, 0) is 101 Å². The Kier molecular flexibility index (Phi) is 41.2. The molecule has 0 fully saturated rings. The van der Waals surface area contributed by atoms with Gasteiger partial charge in [0.2, 0.25) is 76.8 Å². The molecule has 0 radical (unpaired) electrons. The fraction of sp³-hybridized carbons (Fsp3) is 0.742. The van der Waals surface area contributed by atoms with Crippen molar-refractivity contribution < 1.29 is 62.3 Å². The van der Waals surface area contributed by atoms with Gasteiger partial charge in [0.25, 0.3) is 0 Å². The van der Waals surface area contributed by atoms with Crippen molar-refractivity contribution in [1.29, 1.82) is 0 Å². The van der Waals surface area contributed by atoms with Crippen LogP contribution in [0.25, 0.3) is 0 Å². The molecule has 0 aromatic rings. The molecule has 0 aliphatic carbocycles. The Balaban J connectivity index is 7.01. The van der Waals surface area contributed by atoms with Gasteiger partial charge in [0.1, 0.15) is 66.5 Å². The van der Waals surface area contributed by atoms with Crippen molar-refractivity contribution in [3.8, 4) is 0 Å². The molecule has 558 valence electrons. The van der Waals surface area contributed by atoms with E-state index in [1.165, 1.54) is 13.8 Å². The van der Waals surface area contributed by atoms with Crippen molar-refractivity contribution in [2.24, 2.45) is 102 Å². The first-order chi connectivity index (χ1) is 45.6. The van der Waals surface area contributed by atoms with E-state index in [4.69, 9.17) is 51.6 Å². The topological polar surface area (TPSA) is 625 Å². The number of hydrogen-bond donors (Lipinski definition) is 20. The molecular formula is C62H117N23O13. The fourth-order valence-electron chi connectivity index (χ4n) is 9.47.